The summed E-state index contributed by atoms with van der Waals surface area (Å²) in [6.45, 7) is 0.116. The van der Waals surface area contributed by atoms with Gasteiger partial charge in [0.2, 0.25) is 0 Å². The molecule has 0 radical (unpaired) electrons. The fourth-order valence-electron chi connectivity index (χ4n) is 3.61. The predicted octanol–water partition coefficient (Wildman–Crippen LogP) is 3.41. The van der Waals surface area contributed by atoms with E-state index in [1.807, 2.05) is 30.3 Å². The average molecular weight is 503 g/mol. The van der Waals surface area contributed by atoms with Crippen LogP contribution in [0.2, 0.25) is 0 Å². The summed E-state index contributed by atoms with van der Waals surface area (Å²) in [7, 11) is 2.51. The van der Waals surface area contributed by atoms with Crippen LogP contribution >= 0.6 is 0 Å². The molecule has 2 N–H and O–H groups in total. The Labute approximate surface area is 211 Å². The maximum absolute atomic E-state index is 13.3. The van der Waals surface area contributed by atoms with Gasteiger partial charge in [0.25, 0.3) is 0 Å². The quantitative estimate of drug-likeness (QED) is 0.294. The number of aromatic nitrogens is 2. The number of methoxy groups -OCH3 is 1. The number of hydrogen-bond acceptors (Lipinski definition) is 7. The van der Waals surface area contributed by atoms with Crippen LogP contribution < -0.4 is 15.4 Å². The zero-order valence-electron chi connectivity index (χ0n) is 20.1. The third kappa shape index (κ3) is 5.87. The number of nitrogens with zero attached hydrogens (tertiary/aromatic N) is 2. The zero-order valence-corrected chi connectivity index (χ0v) is 20.1. The van der Waals surface area contributed by atoms with E-state index in [0.29, 0.717) is 11.8 Å². The first kappa shape index (κ1) is 25.2. The molecule has 2 aromatic carbocycles. The van der Waals surface area contributed by atoms with Crippen LogP contribution in [-0.2, 0) is 27.4 Å². The van der Waals surface area contributed by atoms with E-state index in [9.17, 15) is 18.8 Å². The highest BCUT2D eigenvalue weighted by Gasteiger charge is 2.25. The number of halogens is 1. The fraction of sp³-hybridized carbons (Fsp3) is 0.148. The van der Waals surface area contributed by atoms with Gasteiger partial charge in [-0.2, -0.15) is 0 Å². The van der Waals surface area contributed by atoms with E-state index in [1.54, 1.807) is 24.4 Å². The molecule has 4 rings (SSSR count). The van der Waals surface area contributed by atoms with Gasteiger partial charge < -0.3 is 20.1 Å². The maximum Gasteiger partial charge on any atom is 0.360 e. The van der Waals surface area contributed by atoms with Crippen molar-refractivity contribution in [2.24, 2.45) is 0 Å². The van der Waals surface area contributed by atoms with Gasteiger partial charge in [-0.05, 0) is 41.3 Å². The number of carbonyl (C=O) groups is 3. The minimum absolute atomic E-state index is 0.0653. The molecule has 0 aliphatic heterocycles. The molecule has 0 saturated carbocycles. The molecule has 10 heteroatoms. The largest absolute Gasteiger partial charge is 0.484 e. The summed E-state index contributed by atoms with van der Waals surface area (Å²) in [5.41, 5.74) is 2.42. The average Bonchev–Trinajstić information content (AvgIpc) is 2.93. The van der Waals surface area contributed by atoms with Crippen LogP contribution in [0.5, 0.6) is 5.75 Å². The number of rotatable bonds is 7. The van der Waals surface area contributed by atoms with E-state index in [0.717, 1.165) is 16.7 Å². The van der Waals surface area contributed by atoms with Gasteiger partial charge in [-0.15, -0.1) is 0 Å². The lowest BCUT2D eigenvalue weighted by Crippen LogP contribution is -2.33. The van der Waals surface area contributed by atoms with Crippen molar-refractivity contribution in [1.29, 1.82) is 0 Å². The first-order valence-corrected chi connectivity index (χ1v) is 11.2. The number of hydrogen-bond donors (Lipinski definition) is 2. The zero-order chi connectivity index (χ0) is 26.4. The number of nitrogens with one attached hydrogen (secondary N) is 2. The summed E-state index contributed by atoms with van der Waals surface area (Å²) in [5, 5.41) is 5.02. The normalized spacial score (nSPS) is 10.6. The highest BCUT2D eigenvalue weighted by molar-refractivity contribution is 6.40. The molecular weight excluding hydrogens is 479 g/mol. The van der Waals surface area contributed by atoms with Crippen LogP contribution in [0, 0.1) is 5.82 Å². The number of pyridine rings is 2. The minimum atomic E-state index is -0.978. The Morgan fingerprint density at radius 1 is 0.946 bits per heavy atom. The lowest BCUT2D eigenvalue weighted by molar-refractivity contribution is -0.135. The summed E-state index contributed by atoms with van der Waals surface area (Å²) >= 11 is 0. The third-order valence-electron chi connectivity index (χ3n) is 5.44. The molecular formula is C27H23FN4O5. The third-order valence-corrected chi connectivity index (χ3v) is 5.44. The molecule has 0 bridgehead atoms. The molecule has 37 heavy (non-hydrogen) atoms. The van der Waals surface area contributed by atoms with Gasteiger partial charge in [0.15, 0.2) is 11.4 Å². The van der Waals surface area contributed by atoms with Crippen LogP contribution in [0.3, 0.4) is 0 Å². The molecule has 0 saturated heterocycles. The van der Waals surface area contributed by atoms with Gasteiger partial charge in [0.05, 0.1) is 7.11 Å². The first-order valence-electron chi connectivity index (χ1n) is 11.2. The maximum atomic E-state index is 13.3. The Hall–Kier alpha value is -4.86. The summed E-state index contributed by atoms with van der Waals surface area (Å²) in [4.78, 5) is 45.7. The van der Waals surface area contributed by atoms with Crippen molar-refractivity contribution < 1.29 is 28.2 Å². The van der Waals surface area contributed by atoms with Crippen LogP contribution in [0.1, 0.15) is 27.2 Å². The van der Waals surface area contributed by atoms with Crippen LogP contribution in [0.4, 0.5) is 10.2 Å². The summed E-state index contributed by atoms with van der Waals surface area (Å²) in [6.07, 6.45) is 2.00. The predicted molar refractivity (Wildman–Crippen MR) is 134 cm³/mol. The number of ether oxygens (including phenoxy) is 2. The van der Waals surface area contributed by atoms with Gasteiger partial charge >= 0.3 is 17.8 Å². The second-order valence-corrected chi connectivity index (χ2v) is 7.98. The molecule has 2 aromatic heterocycles. The fourth-order valence-corrected chi connectivity index (χ4v) is 3.61. The molecule has 4 aromatic rings. The van der Waals surface area contributed by atoms with E-state index >= 15 is 0 Å². The second-order valence-electron chi connectivity index (χ2n) is 7.98. The lowest BCUT2D eigenvalue weighted by Gasteiger charge is -2.16. The summed E-state index contributed by atoms with van der Waals surface area (Å²) in [6, 6.07) is 17.0. The highest BCUT2D eigenvalue weighted by atomic mass is 19.1. The molecule has 0 unspecified atom stereocenters. The van der Waals surface area contributed by atoms with Crippen LogP contribution in [0.25, 0.3) is 10.9 Å². The standard InChI is InChI=1S/C27H23FN4O5/c1-29-25(33)26(34)32-24-20-13-18(12-16-8-10-19(28)11-9-16)14-30-21(20)23(22(31-24)27(35)36-2)37-15-17-6-4-3-5-7-17/h3-11,13-14H,12,15H2,1-2H3,(H,29,33)(H,31,32,34). The van der Waals surface area contributed by atoms with Crippen molar-refractivity contribution in [3.63, 3.8) is 0 Å². The van der Waals surface area contributed by atoms with E-state index in [1.165, 1.54) is 26.3 Å². The van der Waals surface area contributed by atoms with Crippen LogP contribution in [0.15, 0.2) is 66.9 Å². The van der Waals surface area contributed by atoms with Gasteiger partial charge in [-0.3, -0.25) is 14.6 Å². The smallest absolute Gasteiger partial charge is 0.360 e. The monoisotopic (exact) mass is 502 g/mol. The molecule has 0 spiro atoms. The molecule has 0 atom stereocenters. The summed E-state index contributed by atoms with van der Waals surface area (Å²) in [5.74, 6) is -3.03. The number of likely N-dealkylation sites (N-methyl/N-ethyl adjacent to an activating group) is 1. The molecule has 2 heterocycles. The number of esters is 1. The number of benzene rings is 2. The SMILES string of the molecule is CNC(=O)C(=O)Nc1nc(C(=O)OC)c(OCc2ccccc2)c2ncc(Cc3ccc(F)cc3)cc12. The van der Waals surface area contributed by atoms with Crippen molar-refractivity contribution in [2.75, 3.05) is 19.5 Å². The van der Waals surface area contributed by atoms with E-state index in [4.69, 9.17) is 9.47 Å². The number of amides is 2. The molecule has 2 amide bonds. The number of fused-ring (bicyclic) bond motifs is 1. The van der Waals surface area contributed by atoms with Gasteiger partial charge in [0.1, 0.15) is 23.8 Å². The topological polar surface area (TPSA) is 120 Å². The minimum Gasteiger partial charge on any atom is -0.484 e. The molecule has 0 aliphatic carbocycles. The Kier molecular flexibility index (Phi) is 7.68. The summed E-state index contributed by atoms with van der Waals surface area (Å²) < 4.78 is 24.2. The van der Waals surface area contributed by atoms with Crippen molar-refractivity contribution >= 4 is 34.5 Å². The van der Waals surface area contributed by atoms with Crippen molar-refractivity contribution in [1.82, 2.24) is 15.3 Å². The Bertz CT molecular complexity index is 1460. The van der Waals surface area contributed by atoms with Crippen molar-refractivity contribution in [3.05, 3.63) is 95.1 Å². The van der Waals surface area contributed by atoms with Gasteiger partial charge in [0, 0.05) is 18.6 Å². The number of anilines is 1. The van der Waals surface area contributed by atoms with E-state index < -0.39 is 17.8 Å². The van der Waals surface area contributed by atoms with Crippen LogP contribution in [-0.4, -0.2) is 41.9 Å². The Balaban J connectivity index is 1.83. The van der Waals surface area contributed by atoms with Crippen molar-refractivity contribution in [3.8, 4) is 5.75 Å². The molecule has 9 nitrogen and oxygen atoms in total. The van der Waals surface area contributed by atoms with E-state index in [2.05, 4.69) is 20.6 Å². The highest BCUT2D eigenvalue weighted by Crippen LogP contribution is 2.34. The van der Waals surface area contributed by atoms with Crippen molar-refractivity contribution in [2.45, 2.75) is 13.0 Å². The van der Waals surface area contributed by atoms with E-state index in [-0.39, 0.29) is 35.2 Å². The lowest BCUT2D eigenvalue weighted by atomic mass is 10.0. The van der Waals surface area contributed by atoms with Gasteiger partial charge in [-0.25, -0.2) is 14.2 Å². The Morgan fingerprint density at radius 2 is 1.68 bits per heavy atom. The van der Waals surface area contributed by atoms with Gasteiger partial charge in [-0.1, -0.05) is 42.5 Å². The Morgan fingerprint density at radius 3 is 2.35 bits per heavy atom. The molecule has 0 fully saturated rings. The molecule has 0 aliphatic rings. The number of carbonyl (C=O) groups excluding carboxylic acids is 3. The molecule has 188 valence electrons. The first-order chi connectivity index (χ1) is 17.9. The second kappa shape index (κ2) is 11.3.